The van der Waals surface area contributed by atoms with Gasteiger partial charge in [0.05, 0.1) is 6.54 Å². The minimum Gasteiger partial charge on any atom is -0.492 e. The molecule has 0 unspecified atom stereocenters. The second kappa shape index (κ2) is 6.02. The third kappa shape index (κ3) is 3.74. The Morgan fingerprint density at radius 2 is 1.94 bits per heavy atom. The van der Waals surface area contributed by atoms with Crippen LogP contribution in [0.25, 0.3) is 0 Å². The van der Waals surface area contributed by atoms with Crippen molar-refractivity contribution in [2.24, 2.45) is 0 Å². The first-order valence-electron chi connectivity index (χ1n) is 5.33. The molecule has 1 aromatic carbocycles. The monoisotopic (exact) mass is 265 g/mol. The van der Waals surface area contributed by atoms with E-state index >= 15 is 0 Å². The van der Waals surface area contributed by atoms with E-state index in [1.54, 1.807) is 0 Å². The highest BCUT2D eigenvalue weighted by molar-refractivity contribution is 6.28. The van der Waals surface area contributed by atoms with Crippen LogP contribution in [-0.2, 0) is 0 Å². The highest BCUT2D eigenvalue weighted by Crippen LogP contribution is 2.08. The van der Waals surface area contributed by atoms with Crippen molar-refractivity contribution in [3.63, 3.8) is 0 Å². The molecule has 2 rings (SSSR count). The number of ether oxygens (including phenoxy) is 1. The molecule has 2 aromatic rings. The van der Waals surface area contributed by atoms with Gasteiger partial charge in [0.2, 0.25) is 17.2 Å². The Hall–Kier alpha value is -2.08. The van der Waals surface area contributed by atoms with Crippen molar-refractivity contribution < 1.29 is 4.74 Å². The molecule has 0 spiro atoms. The normalized spacial score (nSPS) is 10.1. The van der Waals surface area contributed by atoms with E-state index in [-0.39, 0.29) is 11.2 Å². The van der Waals surface area contributed by atoms with E-state index in [4.69, 9.17) is 22.1 Å². The van der Waals surface area contributed by atoms with Gasteiger partial charge in [0.15, 0.2) is 0 Å². The number of nitrogens with one attached hydrogen (secondary N) is 1. The number of hydrogen-bond acceptors (Lipinski definition) is 6. The Morgan fingerprint density at radius 1 is 1.17 bits per heavy atom. The van der Waals surface area contributed by atoms with Crippen LogP contribution in [0.4, 0.5) is 11.9 Å². The van der Waals surface area contributed by atoms with Crippen molar-refractivity contribution in [1.29, 1.82) is 0 Å². The summed E-state index contributed by atoms with van der Waals surface area (Å²) in [6.07, 6.45) is 0. The van der Waals surface area contributed by atoms with Gasteiger partial charge in [-0.1, -0.05) is 18.2 Å². The molecule has 94 valence electrons. The van der Waals surface area contributed by atoms with Gasteiger partial charge in [0.25, 0.3) is 0 Å². The number of para-hydroxylation sites is 1. The number of benzene rings is 1. The van der Waals surface area contributed by atoms with Crippen molar-refractivity contribution in [2.45, 2.75) is 0 Å². The second-order valence-electron chi connectivity index (χ2n) is 3.37. The lowest BCUT2D eigenvalue weighted by atomic mass is 10.3. The van der Waals surface area contributed by atoms with Crippen LogP contribution in [0.2, 0.25) is 5.28 Å². The lowest BCUT2D eigenvalue weighted by molar-refractivity contribution is 0.332. The predicted molar refractivity (Wildman–Crippen MR) is 69.7 cm³/mol. The predicted octanol–water partition coefficient (Wildman–Crippen LogP) is 1.60. The fraction of sp³-hybridized carbons (Fsp3) is 0.182. The first-order valence-corrected chi connectivity index (χ1v) is 5.70. The third-order valence-electron chi connectivity index (χ3n) is 2.02. The molecule has 7 heteroatoms. The molecular formula is C11H12ClN5O. The zero-order chi connectivity index (χ0) is 12.8. The molecule has 1 heterocycles. The molecule has 1 aromatic heterocycles. The topological polar surface area (TPSA) is 86.0 Å². The van der Waals surface area contributed by atoms with Gasteiger partial charge >= 0.3 is 0 Å². The summed E-state index contributed by atoms with van der Waals surface area (Å²) >= 11 is 5.65. The fourth-order valence-corrected chi connectivity index (χ4v) is 1.46. The molecule has 6 nitrogen and oxygen atoms in total. The van der Waals surface area contributed by atoms with Gasteiger partial charge in [-0.15, -0.1) is 0 Å². The summed E-state index contributed by atoms with van der Waals surface area (Å²) in [5.41, 5.74) is 5.44. The number of hydrogen-bond donors (Lipinski definition) is 2. The molecule has 0 aliphatic heterocycles. The number of nitrogens with zero attached hydrogens (tertiary/aromatic N) is 3. The Morgan fingerprint density at radius 3 is 2.67 bits per heavy atom. The molecule has 18 heavy (non-hydrogen) atoms. The van der Waals surface area contributed by atoms with Gasteiger partial charge in [-0.2, -0.15) is 15.0 Å². The first-order chi connectivity index (χ1) is 8.74. The number of aromatic nitrogens is 3. The Balaban J connectivity index is 1.78. The standard InChI is InChI=1S/C11H12ClN5O/c12-9-15-10(13)17-11(16-9)14-6-7-18-8-4-2-1-3-5-8/h1-5H,6-7H2,(H3,13,14,15,16,17). The van der Waals surface area contributed by atoms with Crippen LogP contribution >= 0.6 is 11.6 Å². The van der Waals surface area contributed by atoms with E-state index < -0.39 is 0 Å². The summed E-state index contributed by atoms with van der Waals surface area (Å²) < 4.78 is 5.49. The van der Waals surface area contributed by atoms with Crippen molar-refractivity contribution in [3.8, 4) is 5.75 Å². The van der Waals surface area contributed by atoms with Crippen LogP contribution in [0.5, 0.6) is 5.75 Å². The number of anilines is 2. The number of nitrogens with two attached hydrogens (primary N) is 1. The summed E-state index contributed by atoms with van der Waals surface area (Å²) in [6.45, 7) is 1.02. The molecule has 0 aliphatic carbocycles. The van der Waals surface area contributed by atoms with Gasteiger partial charge in [0.1, 0.15) is 12.4 Å². The second-order valence-corrected chi connectivity index (χ2v) is 3.71. The average Bonchev–Trinajstić information content (AvgIpc) is 2.35. The molecule has 0 bridgehead atoms. The third-order valence-corrected chi connectivity index (χ3v) is 2.19. The van der Waals surface area contributed by atoms with Crippen LogP contribution in [-0.4, -0.2) is 28.1 Å². The molecule has 0 saturated carbocycles. The maximum atomic E-state index is 5.65. The summed E-state index contributed by atoms with van der Waals surface area (Å²) in [6, 6.07) is 9.53. The summed E-state index contributed by atoms with van der Waals surface area (Å²) in [5.74, 6) is 1.23. The summed E-state index contributed by atoms with van der Waals surface area (Å²) in [5, 5.41) is 3.01. The lowest BCUT2D eigenvalue weighted by Gasteiger charge is -2.07. The van der Waals surface area contributed by atoms with E-state index in [1.165, 1.54) is 0 Å². The first kappa shape index (κ1) is 12.4. The van der Waals surface area contributed by atoms with Gasteiger partial charge in [-0.25, -0.2) is 0 Å². The summed E-state index contributed by atoms with van der Waals surface area (Å²) in [7, 11) is 0. The molecule has 0 fully saturated rings. The highest BCUT2D eigenvalue weighted by Gasteiger charge is 2.01. The van der Waals surface area contributed by atoms with E-state index in [2.05, 4.69) is 20.3 Å². The Bertz CT molecular complexity index is 488. The molecule has 0 radical (unpaired) electrons. The summed E-state index contributed by atoms with van der Waals surface area (Å²) in [4.78, 5) is 11.4. The van der Waals surface area contributed by atoms with Gasteiger partial charge in [0, 0.05) is 0 Å². The van der Waals surface area contributed by atoms with Crippen LogP contribution in [0.1, 0.15) is 0 Å². The minimum absolute atomic E-state index is 0.0639. The van der Waals surface area contributed by atoms with Crippen LogP contribution in [0, 0.1) is 0 Å². The van der Waals surface area contributed by atoms with Crippen LogP contribution < -0.4 is 15.8 Å². The van der Waals surface area contributed by atoms with Crippen LogP contribution in [0.15, 0.2) is 30.3 Å². The van der Waals surface area contributed by atoms with Crippen molar-refractivity contribution in [3.05, 3.63) is 35.6 Å². The maximum Gasteiger partial charge on any atom is 0.228 e. The maximum absolute atomic E-state index is 5.65. The molecule has 0 saturated heterocycles. The molecule has 0 aliphatic rings. The zero-order valence-electron chi connectivity index (χ0n) is 9.51. The van der Waals surface area contributed by atoms with E-state index in [0.29, 0.717) is 19.1 Å². The minimum atomic E-state index is 0.0639. The largest absolute Gasteiger partial charge is 0.492 e. The number of halogens is 1. The van der Waals surface area contributed by atoms with E-state index in [0.717, 1.165) is 5.75 Å². The lowest BCUT2D eigenvalue weighted by Crippen LogP contribution is -2.14. The van der Waals surface area contributed by atoms with Gasteiger partial charge in [-0.3, -0.25) is 0 Å². The van der Waals surface area contributed by atoms with E-state index in [9.17, 15) is 0 Å². The van der Waals surface area contributed by atoms with Gasteiger partial charge in [-0.05, 0) is 23.7 Å². The van der Waals surface area contributed by atoms with Gasteiger partial charge < -0.3 is 15.8 Å². The van der Waals surface area contributed by atoms with Crippen molar-refractivity contribution in [2.75, 3.05) is 24.2 Å². The van der Waals surface area contributed by atoms with Crippen molar-refractivity contribution in [1.82, 2.24) is 15.0 Å². The highest BCUT2D eigenvalue weighted by atomic mass is 35.5. The fourth-order valence-electron chi connectivity index (χ4n) is 1.29. The quantitative estimate of drug-likeness (QED) is 0.799. The molecule has 0 atom stereocenters. The SMILES string of the molecule is Nc1nc(Cl)nc(NCCOc2ccccc2)n1. The average molecular weight is 266 g/mol. The van der Waals surface area contributed by atoms with Crippen molar-refractivity contribution >= 4 is 23.5 Å². The smallest absolute Gasteiger partial charge is 0.228 e. The number of rotatable bonds is 5. The Labute approximate surface area is 109 Å². The zero-order valence-corrected chi connectivity index (χ0v) is 10.3. The van der Waals surface area contributed by atoms with E-state index in [1.807, 2.05) is 30.3 Å². The molecule has 3 N–H and O–H groups in total. The number of nitrogen functional groups attached to an aromatic ring is 1. The molecule has 0 amide bonds. The molecular weight excluding hydrogens is 254 g/mol. The Kier molecular flexibility index (Phi) is 4.14. The van der Waals surface area contributed by atoms with Crippen LogP contribution in [0.3, 0.4) is 0 Å².